The van der Waals surface area contributed by atoms with E-state index in [2.05, 4.69) is 21.8 Å². The van der Waals surface area contributed by atoms with E-state index in [1.54, 1.807) is 6.21 Å². The lowest BCUT2D eigenvalue weighted by molar-refractivity contribution is 0.370. The van der Waals surface area contributed by atoms with Gasteiger partial charge in [-0.25, -0.2) is 0 Å². The standard InChI is InChI=1S/C13H15N3OS/c1-3-9-17-12-7-5-11(6-8-12)10-15-16-13(18)14-4-2/h1,5-8,10H,4,9H2,2H3,(H2,14,16,18). The van der Waals surface area contributed by atoms with Crippen LogP contribution in [0.1, 0.15) is 12.5 Å². The van der Waals surface area contributed by atoms with Crippen LogP contribution in [0, 0.1) is 12.3 Å². The quantitative estimate of drug-likeness (QED) is 0.365. The summed E-state index contributed by atoms with van der Waals surface area (Å²) in [4.78, 5) is 0. The summed E-state index contributed by atoms with van der Waals surface area (Å²) in [7, 11) is 0. The van der Waals surface area contributed by atoms with E-state index >= 15 is 0 Å². The lowest BCUT2D eigenvalue weighted by Crippen LogP contribution is -2.31. The summed E-state index contributed by atoms with van der Waals surface area (Å²) < 4.78 is 5.26. The first-order valence-electron chi connectivity index (χ1n) is 5.49. The van der Waals surface area contributed by atoms with E-state index in [0.717, 1.165) is 17.9 Å². The molecule has 0 aromatic heterocycles. The number of nitrogens with zero attached hydrogens (tertiary/aromatic N) is 1. The van der Waals surface area contributed by atoms with Gasteiger partial charge in [0.2, 0.25) is 0 Å². The fraction of sp³-hybridized carbons (Fsp3) is 0.231. The van der Waals surface area contributed by atoms with Crippen molar-refractivity contribution in [1.29, 1.82) is 0 Å². The van der Waals surface area contributed by atoms with E-state index in [0.29, 0.717) is 5.11 Å². The number of nitrogens with one attached hydrogen (secondary N) is 2. The van der Waals surface area contributed by atoms with Gasteiger partial charge in [0.15, 0.2) is 5.11 Å². The van der Waals surface area contributed by atoms with Gasteiger partial charge in [-0.05, 0) is 49.0 Å². The van der Waals surface area contributed by atoms with Gasteiger partial charge >= 0.3 is 0 Å². The molecule has 0 unspecified atom stereocenters. The minimum absolute atomic E-state index is 0.270. The summed E-state index contributed by atoms with van der Waals surface area (Å²) in [5.41, 5.74) is 3.65. The maximum atomic E-state index is 5.26. The number of terminal acetylenes is 1. The first-order chi connectivity index (χ1) is 8.76. The Labute approximate surface area is 112 Å². The Morgan fingerprint density at radius 2 is 2.22 bits per heavy atom. The van der Waals surface area contributed by atoms with Crippen LogP contribution in [-0.2, 0) is 0 Å². The Bertz CT molecular complexity index is 448. The number of rotatable bonds is 5. The number of hydrogen-bond donors (Lipinski definition) is 2. The van der Waals surface area contributed by atoms with Crippen LogP contribution >= 0.6 is 12.2 Å². The molecule has 1 aromatic rings. The van der Waals surface area contributed by atoms with Crippen molar-refractivity contribution >= 4 is 23.5 Å². The highest BCUT2D eigenvalue weighted by Crippen LogP contribution is 2.10. The van der Waals surface area contributed by atoms with Gasteiger partial charge in [-0.2, -0.15) is 5.10 Å². The fourth-order valence-electron chi connectivity index (χ4n) is 1.14. The van der Waals surface area contributed by atoms with Crippen molar-refractivity contribution in [3.63, 3.8) is 0 Å². The summed E-state index contributed by atoms with van der Waals surface area (Å²) in [5, 5.41) is 7.43. The molecule has 18 heavy (non-hydrogen) atoms. The molecule has 0 atom stereocenters. The monoisotopic (exact) mass is 261 g/mol. The third-order valence-corrected chi connectivity index (χ3v) is 2.15. The van der Waals surface area contributed by atoms with Crippen LogP contribution in [-0.4, -0.2) is 24.5 Å². The molecule has 0 aliphatic carbocycles. The van der Waals surface area contributed by atoms with E-state index in [4.69, 9.17) is 23.4 Å². The van der Waals surface area contributed by atoms with Gasteiger partial charge in [0.1, 0.15) is 12.4 Å². The van der Waals surface area contributed by atoms with Crippen LogP contribution in [0.25, 0.3) is 0 Å². The molecule has 0 spiro atoms. The van der Waals surface area contributed by atoms with E-state index in [1.807, 2.05) is 31.2 Å². The highest BCUT2D eigenvalue weighted by molar-refractivity contribution is 7.80. The minimum Gasteiger partial charge on any atom is -0.481 e. The smallest absolute Gasteiger partial charge is 0.186 e. The number of hydrogen-bond acceptors (Lipinski definition) is 3. The van der Waals surface area contributed by atoms with Gasteiger partial charge in [0.05, 0.1) is 6.21 Å². The van der Waals surface area contributed by atoms with Crippen molar-refractivity contribution in [2.45, 2.75) is 6.92 Å². The topological polar surface area (TPSA) is 45.6 Å². The highest BCUT2D eigenvalue weighted by Gasteiger charge is 1.93. The number of benzene rings is 1. The molecule has 0 fully saturated rings. The molecule has 0 aliphatic rings. The van der Waals surface area contributed by atoms with Crippen molar-refractivity contribution in [3.05, 3.63) is 29.8 Å². The molecule has 0 saturated heterocycles. The highest BCUT2D eigenvalue weighted by atomic mass is 32.1. The molecule has 0 bridgehead atoms. The van der Waals surface area contributed by atoms with Crippen molar-refractivity contribution in [2.24, 2.45) is 5.10 Å². The zero-order chi connectivity index (χ0) is 13.2. The summed E-state index contributed by atoms with van der Waals surface area (Å²) in [6, 6.07) is 7.43. The lowest BCUT2D eigenvalue weighted by Gasteiger charge is -2.03. The number of ether oxygens (including phenoxy) is 1. The van der Waals surface area contributed by atoms with E-state index < -0.39 is 0 Å². The maximum Gasteiger partial charge on any atom is 0.186 e. The van der Waals surface area contributed by atoms with Gasteiger partial charge in [0, 0.05) is 6.54 Å². The molecule has 94 valence electrons. The number of thiocarbonyl (C=S) groups is 1. The first-order valence-corrected chi connectivity index (χ1v) is 5.90. The molecule has 1 aromatic carbocycles. The Hall–Kier alpha value is -2.06. The molecule has 0 amide bonds. The molecule has 0 heterocycles. The second-order valence-corrected chi connectivity index (χ2v) is 3.70. The van der Waals surface area contributed by atoms with Crippen molar-refractivity contribution in [2.75, 3.05) is 13.2 Å². The van der Waals surface area contributed by atoms with Crippen molar-refractivity contribution < 1.29 is 4.74 Å². The van der Waals surface area contributed by atoms with Gasteiger partial charge in [0.25, 0.3) is 0 Å². The predicted octanol–water partition coefficient (Wildman–Crippen LogP) is 1.52. The van der Waals surface area contributed by atoms with Crippen molar-refractivity contribution in [1.82, 2.24) is 10.7 Å². The molecule has 0 aliphatic heterocycles. The predicted molar refractivity (Wildman–Crippen MR) is 77.8 cm³/mol. The van der Waals surface area contributed by atoms with Crippen LogP contribution < -0.4 is 15.5 Å². The molecule has 1 rings (SSSR count). The molecular formula is C13H15N3OS. The molecule has 4 nitrogen and oxygen atoms in total. The number of hydrazone groups is 1. The SMILES string of the molecule is C#CCOc1ccc(C=NNC(=S)NCC)cc1. The molecule has 5 heteroatoms. The van der Waals surface area contributed by atoms with E-state index in [9.17, 15) is 0 Å². The van der Waals surface area contributed by atoms with Gasteiger partial charge < -0.3 is 10.1 Å². The Morgan fingerprint density at radius 1 is 1.50 bits per heavy atom. The van der Waals surface area contributed by atoms with Crippen LogP contribution in [0.4, 0.5) is 0 Å². The zero-order valence-corrected chi connectivity index (χ0v) is 11.0. The Kier molecular flexibility index (Phi) is 6.30. The average molecular weight is 261 g/mol. The largest absolute Gasteiger partial charge is 0.481 e. The van der Waals surface area contributed by atoms with Gasteiger partial charge in [-0.1, -0.05) is 5.92 Å². The fourth-order valence-corrected chi connectivity index (χ4v) is 1.34. The van der Waals surface area contributed by atoms with Crippen LogP contribution in [0.2, 0.25) is 0 Å². The Morgan fingerprint density at radius 3 is 2.83 bits per heavy atom. The minimum atomic E-state index is 0.270. The Balaban J connectivity index is 2.46. The first kappa shape index (κ1) is 14.0. The van der Waals surface area contributed by atoms with Gasteiger partial charge in [-0.3, -0.25) is 5.43 Å². The van der Waals surface area contributed by atoms with E-state index in [-0.39, 0.29) is 6.61 Å². The average Bonchev–Trinajstić information content (AvgIpc) is 2.38. The second kappa shape index (κ2) is 8.09. The summed E-state index contributed by atoms with van der Waals surface area (Å²) in [6.07, 6.45) is 6.78. The van der Waals surface area contributed by atoms with Crippen LogP contribution in [0.3, 0.4) is 0 Å². The van der Waals surface area contributed by atoms with Gasteiger partial charge in [-0.15, -0.1) is 6.42 Å². The maximum absolute atomic E-state index is 5.26. The van der Waals surface area contributed by atoms with Crippen molar-refractivity contribution in [3.8, 4) is 18.1 Å². The molecule has 2 N–H and O–H groups in total. The van der Waals surface area contributed by atoms with Crippen LogP contribution in [0.15, 0.2) is 29.4 Å². The van der Waals surface area contributed by atoms with E-state index in [1.165, 1.54) is 0 Å². The second-order valence-electron chi connectivity index (χ2n) is 3.29. The van der Waals surface area contributed by atoms with Crippen LogP contribution in [0.5, 0.6) is 5.75 Å². The third kappa shape index (κ3) is 5.32. The lowest BCUT2D eigenvalue weighted by atomic mass is 10.2. The molecule has 0 radical (unpaired) electrons. The third-order valence-electron chi connectivity index (χ3n) is 1.92. The molecule has 0 saturated carbocycles. The zero-order valence-electron chi connectivity index (χ0n) is 10.1. The summed E-state index contributed by atoms with van der Waals surface area (Å²) >= 11 is 4.96. The molecular weight excluding hydrogens is 246 g/mol. The summed E-state index contributed by atoms with van der Waals surface area (Å²) in [6.45, 7) is 3.00. The summed E-state index contributed by atoms with van der Waals surface area (Å²) in [5.74, 6) is 3.15. The normalized spacial score (nSPS) is 9.78.